The van der Waals surface area contributed by atoms with Gasteiger partial charge in [0.25, 0.3) is 0 Å². The van der Waals surface area contributed by atoms with Gasteiger partial charge in [0.2, 0.25) is 5.91 Å². The van der Waals surface area contributed by atoms with Gasteiger partial charge in [-0.05, 0) is 30.0 Å². The Morgan fingerprint density at radius 1 is 1.33 bits per heavy atom. The number of carbonyl (C=O) groups is 1. The van der Waals surface area contributed by atoms with Crippen molar-refractivity contribution in [2.45, 2.75) is 32.9 Å². The largest absolute Gasteiger partial charge is 0.340 e. The molecule has 1 rings (SSSR count). The molecule has 0 aliphatic heterocycles. The highest BCUT2D eigenvalue weighted by molar-refractivity contribution is 9.10. The van der Waals surface area contributed by atoms with E-state index in [1.807, 2.05) is 24.3 Å². The van der Waals surface area contributed by atoms with Gasteiger partial charge in [-0.15, -0.1) is 0 Å². The average molecular weight is 313 g/mol. The summed E-state index contributed by atoms with van der Waals surface area (Å²) in [7, 11) is 1.80. The summed E-state index contributed by atoms with van der Waals surface area (Å²) in [5.74, 6) is 0.441. The van der Waals surface area contributed by atoms with Gasteiger partial charge in [-0.1, -0.05) is 41.9 Å². The molecule has 4 heteroatoms. The number of halogens is 1. The van der Waals surface area contributed by atoms with E-state index in [4.69, 9.17) is 5.73 Å². The van der Waals surface area contributed by atoms with Gasteiger partial charge in [0.1, 0.15) is 0 Å². The number of hydrogen-bond acceptors (Lipinski definition) is 2. The van der Waals surface area contributed by atoms with E-state index in [2.05, 4.69) is 29.8 Å². The van der Waals surface area contributed by atoms with Gasteiger partial charge >= 0.3 is 0 Å². The lowest BCUT2D eigenvalue weighted by Crippen LogP contribution is -2.42. The Labute approximate surface area is 117 Å². The molecule has 1 aromatic carbocycles. The zero-order chi connectivity index (χ0) is 13.7. The number of rotatable bonds is 5. The number of nitrogens with zero attached hydrogens (tertiary/aromatic N) is 1. The second-order valence-electron chi connectivity index (χ2n) is 5.06. The molecule has 0 fully saturated rings. The number of benzene rings is 1. The van der Waals surface area contributed by atoms with Gasteiger partial charge in [0.15, 0.2) is 0 Å². The lowest BCUT2D eigenvalue weighted by atomic mass is 10.0. The Kier molecular flexibility index (Phi) is 5.82. The fourth-order valence-electron chi connectivity index (χ4n) is 1.83. The Hall–Kier alpha value is -0.870. The van der Waals surface area contributed by atoms with Crippen molar-refractivity contribution in [3.63, 3.8) is 0 Å². The number of hydrogen-bond donors (Lipinski definition) is 1. The Morgan fingerprint density at radius 2 is 1.89 bits per heavy atom. The lowest BCUT2D eigenvalue weighted by Gasteiger charge is -2.22. The Morgan fingerprint density at radius 3 is 2.39 bits per heavy atom. The molecule has 1 aromatic rings. The van der Waals surface area contributed by atoms with E-state index in [0.717, 1.165) is 16.5 Å². The molecule has 3 nitrogen and oxygen atoms in total. The number of amides is 1. The molecule has 0 spiro atoms. The molecule has 1 amide bonds. The van der Waals surface area contributed by atoms with Gasteiger partial charge in [-0.2, -0.15) is 0 Å². The standard InChI is InChI=1S/C14H21BrN2O/c1-10(2)8-13(16)14(18)17(3)9-11-4-6-12(15)7-5-11/h4-7,10,13H,8-9,16H2,1-3H3/t13-/m0/s1. The molecule has 1 atom stereocenters. The van der Waals surface area contributed by atoms with Crippen molar-refractivity contribution in [3.05, 3.63) is 34.3 Å². The molecule has 0 saturated heterocycles. The van der Waals surface area contributed by atoms with Crippen LogP contribution in [0, 0.1) is 5.92 Å². The van der Waals surface area contributed by atoms with Crippen molar-refractivity contribution < 1.29 is 4.79 Å². The van der Waals surface area contributed by atoms with Crippen LogP contribution in [0.25, 0.3) is 0 Å². The van der Waals surface area contributed by atoms with E-state index < -0.39 is 6.04 Å². The first-order valence-corrected chi connectivity index (χ1v) is 6.94. The molecule has 0 radical (unpaired) electrons. The third kappa shape index (κ3) is 4.78. The zero-order valence-electron chi connectivity index (χ0n) is 11.2. The summed E-state index contributed by atoms with van der Waals surface area (Å²) in [5.41, 5.74) is 7.00. The van der Waals surface area contributed by atoms with E-state index in [-0.39, 0.29) is 5.91 Å². The second-order valence-corrected chi connectivity index (χ2v) is 5.97. The van der Waals surface area contributed by atoms with Crippen molar-refractivity contribution in [1.29, 1.82) is 0 Å². The van der Waals surface area contributed by atoms with Crippen LogP contribution in [0.2, 0.25) is 0 Å². The molecular formula is C14H21BrN2O. The fourth-order valence-corrected chi connectivity index (χ4v) is 2.10. The summed E-state index contributed by atoms with van der Waals surface area (Å²) < 4.78 is 1.04. The maximum absolute atomic E-state index is 12.0. The first kappa shape index (κ1) is 15.2. The van der Waals surface area contributed by atoms with Crippen LogP contribution in [0.5, 0.6) is 0 Å². The highest BCUT2D eigenvalue weighted by Crippen LogP contribution is 2.13. The first-order valence-electron chi connectivity index (χ1n) is 6.15. The lowest BCUT2D eigenvalue weighted by molar-refractivity contribution is -0.132. The molecule has 0 aliphatic rings. The van der Waals surface area contributed by atoms with Crippen LogP contribution >= 0.6 is 15.9 Å². The summed E-state index contributed by atoms with van der Waals surface area (Å²) in [6, 6.07) is 7.55. The van der Waals surface area contributed by atoms with Crippen LogP contribution in [0.3, 0.4) is 0 Å². The summed E-state index contributed by atoms with van der Waals surface area (Å²) >= 11 is 3.39. The van der Waals surface area contributed by atoms with Crippen LogP contribution in [0.4, 0.5) is 0 Å². The summed E-state index contributed by atoms with van der Waals surface area (Å²) in [6.45, 7) is 4.74. The van der Waals surface area contributed by atoms with Crippen molar-refractivity contribution in [1.82, 2.24) is 4.90 Å². The second kappa shape index (κ2) is 6.90. The third-order valence-electron chi connectivity index (χ3n) is 2.75. The van der Waals surface area contributed by atoms with Crippen LogP contribution in [0.1, 0.15) is 25.8 Å². The highest BCUT2D eigenvalue weighted by Gasteiger charge is 2.18. The maximum Gasteiger partial charge on any atom is 0.239 e. The van der Waals surface area contributed by atoms with Gasteiger partial charge in [-0.3, -0.25) is 4.79 Å². The zero-order valence-corrected chi connectivity index (χ0v) is 12.8. The molecule has 2 N–H and O–H groups in total. The minimum atomic E-state index is -0.398. The van der Waals surface area contributed by atoms with E-state index >= 15 is 0 Å². The summed E-state index contributed by atoms with van der Waals surface area (Å²) in [5, 5.41) is 0. The summed E-state index contributed by atoms with van der Waals surface area (Å²) in [4.78, 5) is 13.7. The minimum absolute atomic E-state index is 0.00613. The van der Waals surface area contributed by atoms with Gasteiger partial charge in [0, 0.05) is 18.1 Å². The number of carbonyl (C=O) groups excluding carboxylic acids is 1. The number of nitrogens with two attached hydrogens (primary N) is 1. The topological polar surface area (TPSA) is 46.3 Å². The van der Waals surface area contributed by atoms with Gasteiger partial charge in [-0.25, -0.2) is 0 Å². The van der Waals surface area contributed by atoms with E-state index in [0.29, 0.717) is 12.5 Å². The molecule has 0 saturated carbocycles. The minimum Gasteiger partial charge on any atom is -0.340 e. The Bertz CT molecular complexity index is 389. The van der Waals surface area contributed by atoms with Crippen molar-refractivity contribution in [3.8, 4) is 0 Å². The van der Waals surface area contributed by atoms with Crippen LogP contribution in [0.15, 0.2) is 28.7 Å². The Balaban J connectivity index is 2.56. The molecule has 0 aromatic heterocycles. The van der Waals surface area contributed by atoms with E-state index in [1.165, 1.54) is 0 Å². The molecule has 100 valence electrons. The van der Waals surface area contributed by atoms with Gasteiger partial charge < -0.3 is 10.6 Å². The van der Waals surface area contributed by atoms with Crippen LogP contribution in [-0.2, 0) is 11.3 Å². The van der Waals surface area contributed by atoms with Crippen molar-refractivity contribution >= 4 is 21.8 Å². The fraction of sp³-hybridized carbons (Fsp3) is 0.500. The third-order valence-corrected chi connectivity index (χ3v) is 3.28. The molecule has 0 aliphatic carbocycles. The molecule has 0 heterocycles. The monoisotopic (exact) mass is 312 g/mol. The average Bonchev–Trinajstić information content (AvgIpc) is 2.30. The highest BCUT2D eigenvalue weighted by atomic mass is 79.9. The summed E-state index contributed by atoms with van der Waals surface area (Å²) in [6.07, 6.45) is 0.726. The van der Waals surface area contributed by atoms with Crippen LogP contribution in [-0.4, -0.2) is 23.9 Å². The van der Waals surface area contributed by atoms with E-state index in [9.17, 15) is 4.79 Å². The first-order chi connectivity index (χ1) is 8.40. The van der Waals surface area contributed by atoms with Crippen molar-refractivity contribution in [2.24, 2.45) is 11.7 Å². The predicted octanol–water partition coefficient (Wildman–Crippen LogP) is 2.78. The van der Waals surface area contributed by atoms with E-state index in [1.54, 1.807) is 11.9 Å². The molecule has 0 bridgehead atoms. The molecular weight excluding hydrogens is 292 g/mol. The maximum atomic E-state index is 12.0. The quantitative estimate of drug-likeness (QED) is 0.908. The smallest absolute Gasteiger partial charge is 0.239 e. The number of likely N-dealkylation sites (N-methyl/N-ethyl adjacent to an activating group) is 1. The predicted molar refractivity (Wildman–Crippen MR) is 78.0 cm³/mol. The van der Waals surface area contributed by atoms with Crippen molar-refractivity contribution in [2.75, 3.05) is 7.05 Å². The van der Waals surface area contributed by atoms with Gasteiger partial charge in [0.05, 0.1) is 6.04 Å². The molecule has 0 unspecified atom stereocenters. The van der Waals surface area contributed by atoms with Crippen LogP contribution < -0.4 is 5.73 Å². The normalized spacial score (nSPS) is 12.6. The SMILES string of the molecule is CC(C)C[C@H](N)C(=O)N(C)Cc1ccc(Br)cc1. The molecule has 18 heavy (non-hydrogen) atoms.